The summed E-state index contributed by atoms with van der Waals surface area (Å²) in [6, 6.07) is 8.79. The molecule has 27 heavy (non-hydrogen) atoms. The molecule has 1 N–H and O–H groups in total. The van der Waals surface area contributed by atoms with Crippen molar-refractivity contribution in [1.82, 2.24) is 9.88 Å². The molecule has 3 aromatic rings. The third-order valence-corrected chi connectivity index (χ3v) is 5.36. The van der Waals surface area contributed by atoms with Gasteiger partial charge in [0.1, 0.15) is 12.0 Å². The summed E-state index contributed by atoms with van der Waals surface area (Å²) in [7, 11) is 1.55. The van der Waals surface area contributed by atoms with E-state index in [0.717, 1.165) is 10.6 Å². The zero-order valence-electron chi connectivity index (χ0n) is 14.6. The SMILES string of the molecule is COc1ccccc1C(=O)N1CCc2nc(NC(=O)c3ccoc3)sc2C1. The summed E-state index contributed by atoms with van der Waals surface area (Å²) in [5.74, 6) is 0.220. The fourth-order valence-electron chi connectivity index (χ4n) is 2.98. The van der Waals surface area contributed by atoms with E-state index in [1.54, 1.807) is 30.2 Å². The minimum atomic E-state index is -0.267. The minimum absolute atomic E-state index is 0.0736. The molecule has 0 saturated heterocycles. The molecule has 8 heteroatoms. The summed E-state index contributed by atoms with van der Waals surface area (Å²) in [5.41, 5.74) is 1.91. The number of nitrogens with one attached hydrogen (secondary N) is 1. The average molecular weight is 383 g/mol. The van der Waals surface area contributed by atoms with Crippen molar-refractivity contribution >= 4 is 28.3 Å². The number of aromatic nitrogens is 1. The van der Waals surface area contributed by atoms with E-state index in [-0.39, 0.29) is 11.8 Å². The van der Waals surface area contributed by atoms with Gasteiger partial charge in [0.15, 0.2) is 5.13 Å². The largest absolute Gasteiger partial charge is 0.496 e. The van der Waals surface area contributed by atoms with E-state index in [1.165, 1.54) is 23.9 Å². The molecule has 2 amide bonds. The van der Waals surface area contributed by atoms with Crippen molar-refractivity contribution in [2.75, 3.05) is 19.0 Å². The molecule has 0 unspecified atom stereocenters. The van der Waals surface area contributed by atoms with Crippen LogP contribution >= 0.6 is 11.3 Å². The van der Waals surface area contributed by atoms with Crippen LogP contribution in [0.15, 0.2) is 47.3 Å². The Morgan fingerprint density at radius 2 is 2.15 bits per heavy atom. The summed E-state index contributed by atoms with van der Waals surface area (Å²) in [6.07, 6.45) is 3.48. The standard InChI is InChI=1S/C19H17N3O4S/c1-25-15-5-3-2-4-13(15)18(24)22-8-6-14-16(10-22)27-19(20-14)21-17(23)12-7-9-26-11-12/h2-5,7,9,11H,6,8,10H2,1H3,(H,20,21,23). The van der Waals surface area contributed by atoms with Crippen molar-refractivity contribution in [3.63, 3.8) is 0 Å². The smallest absolute Gasteiger partial charge is 0.260 e. The van der Waals surface area contributed by atoms with E-state index in [2.05, 4.69) is 10.3 Å². The van der Waals surface area contributed by atoms with Crippen LogP contribution in [0.2, 0.25) is 0 Å². The topological polar surface area (TPSA) is 84.7 Å². The van der Waals surface area contributed by atoms with Crippen molar-refractivity contribution in [2.45, 2.75) is 13.0 Å². The zero-order valence-corrected chi connectivity index (χ0v) is 15.4. The van der Waals surface area contributed by atoms with Crippen molar-refractivity contribution in [2.24, 2.45) is 0 Å². The number of furan rings is 1. The lowest BCUT2D eigenvalue weighted by molar-refractivity contribution is 0.0732. The second-order valence-electron chi connectivity index (χ2n) is 6.03. The van der Waals surface area contributed by atoms with Crippen molar-refractivity contribution in [3.8, 4) is 5.75 Å². The highest BCUT2D eigenvalue weighted by molar-refractivity contribution is 7.15. The number of nitrogens with zero attached hydrogens (tertiary/aromatic N) is 2. The number of hydrogen-bond donors (Lipinski definition) is 1. The Bertz CT molecular complexity index is 981. The molecule has 1 aliphatic rings. The van der Waals surface area contributed by atoms with Crippen molar-refractivity contribution in [1.29, 1.82) is 0 Å². The zero-order chi connectivity index (χ0) is 18.8. The fraction of sp³-hybridized carbons (Fsp3) is 0.211. The highest BCUT2D eigenvalue weighted by atomic mass is 32.1. The van der Waals surface area contributed by atoms with Gasteiger partial charge in [-0.05, 0) is 18.2 Å². The summed E-state index contributed by atoms with van der Waals surface area (Å²) >= 11 is 1.39. The van der Waals surface area contributed by atoms with Crippen LogP contribution in [0.1, 0.15) is 31.3 Å². The van der Waals surface area contributed by atoms with E-state index in [9.17, 15) is 9.59 Å². The van der Waals surface area contributed by atoms with Crippen molar-refractivity contribution in [3.05, 3.63) is 64.6 Å². The molecule has 2 aromatic heterocycles. The molecule has 0 aliphatic carbocycles. The number of benzene rings is 1. The number of amides is 2. The van der Waals surface area contributed by atoms with Crippen LogP contribution in [0.3, 0.4) is 0 Å². The molecule has 0 bridgehead atoms. The van der Waals surface area contributed by atoms with E-state index >= 15 is 0 Å². The second-order valence-corrected chi connectivity index (χ2v) is 7.12. The maximum atomic E-state index is 12.9. The number of carbonyl (C=O) groups is 2. The molecule has 1 aliphatic heterocycles. The molecular weight excluding hydrogens is 366 g/mol. The van der Waals surface area contributed by atoms with Crippen LogP contribution < -0.4 is 10.1 Å². The van der Waals surface area contributed by atoms with Crippen LogP contribution in [0, 0.1) is 0 Å². The molecule has 0 saturated carbocycles. The number of thiazole rings is 1. The molecule has 1 aromatic carbocycles. The molecule has 0 atom stereocenters. The Hall–Kier alpha value is -3.13. The monoisotopic (exact) mass is 383 g/mol. The Morgan fingerprint density at radius 1 is 1.30 bits per heavy atom. The predicted molar refractivity (Wildman–Crippen MR) is 100 cm³/mol. The van der Waals surface area contributed by atoms with Gasteiger partial charge < -0.3 is 14.1 Å². The predicted octanol–water partition coefficient (Wildman–Crippen LogP) is 3.20. The van der Waals surface area contributed by atoms with Crippen LogP contribution in [-0.4, -0.2) is 35.4 Å². The maximum absolute atomic E-state index is 12.9. The van der Waals surface area contributed by atoms with E-state index < -0.39 is 0 Å². The quantitative estimate of drug-likeness (QED) is 0.748. The average Bonchev–Trinajstić information content (AvgIpc) is 3.36. The molecule has 138 valence electrons. The van der Waals surface area contributed by atoms with Gasteiger partial charge in [0.05, 0.1) is 36.7 Å². The lowest BCUT2D eigenvalue weighted by atomic mass is 10.1. The molecule has 0 spiro atoms. The van der Waals surface area contributed by atoms with Gasteiger partial charge >= 0.3 is 0 Å². The lowest BCUT2D eigenvalue weighted by Gasteiger charge is -2.26. The van der Waals surface area contributed by atoms with Gasteiger partial charge in [0.2, 0.25) is 0 Å². The Morgan fingerprint density at radius 3 is 2.93 bits per heavy atom. The maximum Gasteiger partial charge on any atom is 0.260 e. The molecule has 4 rings (SSSR count). The van der Waals surface area contributed by atoms with E-state index in [4.69, 9.17) is 9.15 Å². The minimum Gasteiger partial charge on any atom is -0.496 e. The van der Waals surface area contributed by atoms with Gasteiger partial charge in [-0.3, -0.25) is 14.9 Å². The highest BCUT2D eigenvalue weighted by Crippen LogP contribution is 2.30. The number of ether oxygens (including phenoxy) is 1. The Kier molecular flexibility index (Phi) is 4.64. The van der Waals surface area contributed by atoms with Gasteiger partial charge in [-0.15, -0.1) is 0 Å². The van der Waals surface area contributed by atoms with Gasteiger partial charge in [-0.2, -0.15) is 0 Å². The number of para-hydroxylation sites is 1. The van der Waals surface area contributed by atoms with Crippen LogP contribution in [0.4, 0.5) is 5.13 Å². The highest BCUT2D eigenvalue weighted by Gasteiger charge is 2.26. The Labute approximate surface area is 159 Å². The number of fused-ring (bicyclic) bond motifs is 1. The second kappa shape index (κ2) is 7.24. The fourth-order valence-corrected chi connectivity index (χ4v) is 4.00. The van der Waals surface area contributed by atoms with E-state index in [0.29, 0.717) is 41.5 Å². The summed E-state index contributed by atoms with van der Waals surface area (Å²) < 4.78 is 10.2. The number of rotatable bonds is 4. The molecule has 3 heterocycles. The van der Waals surface area contributed by atoms with Crippen LogP contribution in [0.5, 0.6) is 5.75 Å². The van der Waals surface area contributed by atoms with E-state index in [1.807, 2.05) is 12.1 Å². The normalized spacial score (nSPS) is 13.1. The summed E-state index contributed by atoms with van der Waals surface area (Å²) in [6.45, 7) is 1.04. The summed E-state index contributed by atoms with van der Waals surface area (Å²) in [5, 5.41) is 3.31. The first kappa shape index (κ1) is 17.3. The number of carbonyl (C=O) groups excluding carboxylic acids is 2. The third-order valence-electron chi connectivity index (χ3n) is 4.36. The van der Waals surface area contributed by atoms with Gasteiger partial charge in [-0.1, -0.05) is 23.5 Å². The summed E-state index contributed by atoms with van der Waals surface area (Å²) in [4.78, 5) is 32.3. The first-order chi connectivity index (χ1) is 13.2. The van der Waals surface area contributed by atoms with Gasteiger partial charge in [0, 0.05) is 17.8 Å². The van der Waals surface area contributed by atoms with Crippen LogP contribution in [-0.2, 0) is 13.0 Å². The van der Waals surface area contributed by atoms with Gasteiger partial charge in [0.25, 0.3) is 11.8 Å². The van der Waals surface area contributed by atoms with Gasteiger partial charge in [-0.25, -0.2) is 4.98 Å². The third kappa shape index (κ3) is 3.43. The molecule has 0 radical (unpaired) electrons. The van der Waals surface area contributed by atoms with Crippen LogP contribution in [0.25, 0.3) is 0 Å². The lowest BCUT2D eigenvalue weighted by Crippen LogP contribution is -2.35. The molecular formula is C19H17N3O4S. The number of methoxy groups -OCH3 is 1. The first-order valence-corrected chi connectivity index (χ1v) is 9.22. The molecule has 0 fully saturated rings. The first-order valence-electron chi connectivity index (χ1n) is 8.40. The van der Waals surface area contributed by atoms with Crippen molar-refractivity contribution < 1.29 is 18.7 Å². The number of hydrogen-bond acceptors (Lipinski definition) is 6. The number of anilines is 1. The Balaban J connectivity index is 1.49. The molecule has 7 nitrogen and oxygen atoms in total.